The van der Waals surface area contributed by atoms with E-state index in [1.54, 1.807) is 18.5 Å². The molecule has 1 amide bonds. The summed E-state index contributed by atoms with van der Waals surface area (Å²) in [6.45, 7) is 1.37. The third kappa shape index (κ3) is 2.29. The number of pyridine rings is 1. The molecule has 3 aromatic rings. The van der Waals surface area contributed by atoms with Gasteiger partial charge in [-0.15, -0.1) is 0 Å². The number of para-hydroxylation sites is 2. The van der Waals surface area contributed by atoms with Gasteiger partial charge in [0.25, 0.3) is 5.91 Å². The highest BCUT2D eigenvalue weighted by atomic mass is 79.9. The molecule has 1 saturated heterocycles. The maximum absolute atomic E-state index is 12.4. The third-order valence-corrected chi connectivity index (χ3v) is 4.35. The number of carbonyl (C=O) groups is 1. The van der Waals surface area contributed by atoms with Crippen LogP contribution in [0.2, 0.25) is 0 Å². The molecule has 22 heavy (non-hydrogen) atoms. The van der Waals surface area contributed by atoms with Crippen molar-refractivity contribution in [1.82, 2.24) is 19.9 Å². The SMILES string of the molecule is O=C(c1cncc(Br)c1)N1CC(c2nc3ccccc3[nH]2)C1. The fourth-order valence-corrected chi connectivity index (χ4v) is 3.06. The van der Waals surface area contributed by atoms with Crippen LogP contribution in [0.3, 0.4) is 0 Å². The highest BCUT2D eigenvalue weighted by Crippen LogP contribution is 2.28. The van der Waals surface area contributed by atoms with E-state index in [1.807, 2.05) is 29.2 Å². The van der Waals surface area contributed by atoms with Gasteiger partial charge in [-0.25, -0.2) is 4.98 Å². The summed E-state index contributed by atoms with van der Waals surface area (Å²) in [6, 6.07) is 9.76. The molecule has 0 saturated carbocycles. The molecule has 1 aliphatic rings. The van der Waals surface area contributed by atoms with Crippen LogP contribution in [-0.4, -0.2) is 38.8 Å². The van der Waals surface area contributed by atoms with Gasteiger partial charge < -0.3 is 9.88 Å². The largest absolute Gasteiger partial charge is 0.342 e. The van der Waals surface area contributed by atoms with E-state index < -0.39 is 0 Å². The molecule has 1 aliphatic heterocycles. The Hall–Kier alpha value is -2.21. The Morgan fingerprint density at radius 1 is 1.27 bits per heavy atom. The van der Waals surface area contributed by atoms with Crippen molar-refractivity contribution in [3.8, 4) is 0 Å². The number of rotatable bonds is 2. The van der Waals surface area contributed by atoms with Crippen LogP contribution in [0.4, 0.5) is 0 Å². The molecule has 0 unspecified atom stereocenters. The predicted molar refractivity (Wildman–Crippen MR) is 86.7 cm³/mol. The second-order valence-corrected chi connectivity index (χ2v) is 6.35. The number of nitrogens with one attached hydrogen (secondary N) is 1. The number of imidazole rings is 1. The van der Waals surface area contributed by atoms with Gasteiger partial charge in [0, 0.05) is 30.0 Å². The highest BCUT2D eigenvalue weighted by Gasteiger charge is 2.34. The molecule has 3 heterocycles. The summed E-state index contributed by atoms with van der Waals surface area (Å²) in [6.07, 6.45) is 3.27. The average molecular weight is 357 g/mol. The van der Waals surface area contributed by atoms with E-state index in [1.165, 1.54) is 0 Å². The summed E-state index contributed by atoms with van der Waals surface area (Å²) in [5.74, 6) is 1.25. The van der Waals surface area contributed by atoms with Crippen molar-refractivity contribution in [2.24, 2.45) is 0 Å². The lowest BCUT2D eigenvalue weighted by Gasteiger charge is -2.38. The van der Waals surface area contributed by atoms with Crippen LogP contribution in [0.25, 0.3) is 11.0 Å². The number of hydrogen-bond donors (Lipinski definition) is 1. The standard InChI is InChI=1S/C16H13BrN4O/c17-12-5-10(6-18-7-12)16(22)21-8-11(9-21)15-19-13-3-1-2-4-14(13)20-15/h1-7,11H,8-9H2,(H,19,20). The monoisotopic (exact) mass is 356 g/mol. The third-order valence-electron chi connectivity index (χ3n) is 3.91. The molecule has 0 bridgehead atoms. The fraction of sp³-hybridized carbons (Fsp3) is 0.188. The minimum absolute atomic E-state index is 0.0150. The zero-order chi connectivity index (χ0) is 15.1. The second-order valence-electron chi connectivity index (χ2n) is 5.44. The first kappa shape index (κ1) is 13.5. The summed E-state index contributed by atoms with van der Waals surface area (Å²) in [4.78, 5) is 26.2. The van der Waals surface area contributed by atoms with Crippen molar-refractivity contribution in [1.29, 1.82) is 0 Å². The van der Waals surface area contributed by atoms with E-state index in [4.69, 9.17) is 0 Å². The molecule has 110 valence electrons. The van der Waals surface area contributed by atoms with Crippen LogP contribution in [0.5, 0.6) is 0 Å². The summed E-state index contributed by atoms with van der Waals surface area (Å²) in [5, 5.41) is 0. The van der Waals surface area contributed by atoms with E-state index in [-0.39, 0.29) is 11.8 Å². The lowest BCUT2D eigenvalue weighted by Crippen LogP contribution is -2.48. The first-order valence-corrected chi connectivity index (χ1v) is 7.84. The van der Waals surface area contributed by atoms with Crippen LogP contribution in [-0.2, 0) is 0 Å². The Bertz CT molecular complexity index is 821. The van der Waals surface area contributed by atoms with Gasteiger partial charge in [0.05, 0.1) is 22.5 Å². The van der Waals surface area contributed by atoms with Gasteiger partial charge in [0.2, 0.25) is 0 Å². The molecule has 1 fully saturated rings. The molecular weight excluding hydrogens is 344 g/mol. The summed E-state index contributed by atoms with van der Waals surface area (Å²) in [7, 11) is 0. The molecule has 5 nitrogen and oxygen atoms in total. The fourth-order valence-electron chi connectivity index (χ4n) is 2.69. The Morgan fingerprint density at radius 2 is 2.09 bits per heavy atom. The smallest absolute Gasteiger partial charge is 0.255 e. The van der Waals surface area contributed by atoms with E-state index >= 15 is 0 Å². The van der Waals surface area contributed by atoms with Crippen molar-refractivity contribution in [3.05, 3.63) is 58.6 Å². The lowest BCUT2D eigenvalue weighted by atomic mass is 9.98. The molecule has 0 aliphatic carbocycles. The predicted octanol–water partition coefficient (Wildman–Crippen LogP) is 2.96. The number of halogens is 1. The van der Waals surface area contributed by atoms with Crippen molar-refractivity contribution in [2.45, 2.75) is 5.92 Å². The van der Waals surface area contributed by atoms with E-state index in [9.17, 15) is 4.79 Å². The van der Waals surface area contributed by atoms with Crippen molar-refractivity contribution in [3.63, 3.8) is 0 Å². The first-order chi connectivity index (χ1) is 10.7. The highest BCUT2D eigenvalue weighted by molar-refractivity contribution is 9.10. The van der Waals surface area contributed by atoms with Crippen LogP contribution in [0.1, 0.15) is 22.1 Å². The van der Waals surface area contributed by atoms with Crippen molar-refractivity contribution in [2.75, 3.05) is 13.1 Å². The van der Waals surface area contributed by atoms with Crippen LogP contribution in [0.15, 0.2) is 47.2 Å². The Kier molecular flexibility index (Phi) is 3.18. The van der Waals surface area contributed by atoms with Crippen LogP contribution in [0, 0.1) is 0 Å². The quantitative estimate of drug-likeness (QED) is 0.767. The number of carbonyl (C=O) groups excluding carboxylic acids is 1. The molecule has 0 atom stereocenters. The number of nitrogens with zero attached hydrogens (tertiary/aromatic N) is 3. The molecule has 1 aromatic carbocycles. The molecule has 1 N–H and O–H groups in total. The number of amides is 1. The Labute approximate surface area is 135 Å². The zero-order valence-electron chi connectivity index (χ0n) is 11.7. The van der Waals surface area contributed by atoms with E-state index in [0.29, 0.717) is 18.7 Å². The normalized spacial score (nSPS) is 15.0. The van der Waals surface area contributed by atoms with Gasteiger partial charge in [0.1, 0.15) is 5.82 Å². The van der Waals surface area contributed by atoms with Crippen molar-refractivity contribution >= 4 is 32.9 Å². The van der Waals surface area contributed by atoms with Gasteiger partial charge in [-0.1, -0.05) is 12.1 Å². The van der Waals surface area contributed by atoms with Crippen LogP contribution < -0.4 is 0 Å². The molecular formula is C16H13BrN4O. The zero-order valence-corrected chi connectivity index (χ0v) is 13.2. The number of fused-ring (bicyclic) bond motifs is 1. The molecule has 0 spiro atoms. The number of benzene rings is 1. The van der Waals surface area contributed by atoms with Gasteiger partial charge in [-0.2, -0.15) is 0 Å². The maximum Gasteiger partial charge on any atom is 0.255 e. The maximum atomic E-state index is 12.4. The number of H-pyrrole nitrogens is 1. The lowest BCUT2D eigenvalue weighted by molar-refractivity contribution is 0.0595. The number of likely N-dealkylation sites (tertiary alicyclic amines) is 1. The van der Waals surface area contributed by atoms with Crippen molar-refractivity contribution < 1.29 is 4.79 Å². The molecule has 6 heteroatoms. The Balaban J connectivity index is 1.48. The molecule has 2 aromatic heterocycles. The topological polar surface area (TPSA) is 61.9 Å². The summed E-state index contributed by atoms with van der Waals surface area (Å²) < 4.78 is 0.813. The number of aromatic nitrogens is 3. The van der Waals surface area contributed by atoms with Gasteiger partial charge >= 0.3 is 0 Å². The Morgan fingerprint density at radius 3 is 2.86 bits per heavy atom. The molecule has 4 rings (SSSR count). The minimum Gasteiger partial charge on any atom is -0.342 e. The number of hydrogen-bond acceptors (Lipinski definition) is 3. The number of aromatic amines is 1. The summed E-state index contributed by atoms with van der Waals surface area (Å²) in [5.41, 5.74) is 2.62. The first-order valence-electron chi connectivity index (χ1n) is 7.05. The van der Waals surface area contributed by atoms with Gasteiger partial charge in [-0.05, 0) is 34.1 Å². The van der Waals surface area contributed by atoms with Crippen LogP contribution >= 0.6 is 15.9 Å². The van der Waals surface area contributed by atoms with Gasteiger partial charge in [-0.3, -0.25) is 9.78 Å². The van der Waals surface area contributed by atoms with E-state index in [2.05, 4.69) is 30.9 Å². The molecule has 0 radical (unpaired) electrons. The minimum atomic E-state index is 0.0150. The second kappa shape index (κ2) is 5.21. The van der Waals surface area contributed by atoms with E-state index in [0.717, 1.165) is 21.3 Å². The van der Waals surface area contributed by atoms with Gasteiger partial charge in [0.15, 0.2) is 0 Å². The average Bonchev–Trinajstić information content (AvgIpc) is 2.89. The summed E-state index contributed by atoms with van der Waals surface area (Å²) >= 11 is 3.34.